The van der Waals surface area contributed by atoms with Crippen molar-refractivity contribution in [3.8, 4) is 5.75 Å². The van der Waals surface area contributed by atoms with Crippen molar-refractivity contribution in [3.05, 3.63) is 77.1 Å². The molecule has 8 heteroatoms. The number of thioether (sulfide) groups is 1. The number of carbonyl (C=O) groups excluding carboxylic acids is 1. The lowest BCUT2D eigenvalue weighted by Crippen LogP contribution is -2.14. The van der Waals surface area contributed by atoms with Crippen LogP contribution in [0.1, 0.15) is 11.4 Å². The van der Waals surface area contributed by atoms with Crippen molar-refractivity contribution in [2.45, 2.75) is 18.7 Å². The molecule has 0 bridgehead atoms. The van der Waals surface area contributed by atoms with Crippen LogP contribution in [0.2, 0.25) is 5.02 Å². The number of carbonyl (C=O) groups is 1. The molecule has 6 nitrogen and oxygen atoms in total. The first-order valence-corrected chi connectivity index (χ1v) is 11.1. The summed E-state index contributed by atoms with van der Waals surface area (Å²) in [5.74, 6) is 1.53. The SMILES string of the molecule is Cc1c(OCc2nnc(SCC(=O)Nc3ccccc3Cl)n2C)ccc2ccccc12. The van der Waals surface area contributed by atoms with Gasteiger partial charge in [0.05, 0.1) is 16.5 Å². The predicted octanol–water partition coefficient (Wildman–Crippen LogP) is 5.24. The van der Waals surface area contributed by atoms with E-state index in [4.69, 9.17) is 16.3 Å². The van der Waals surface area contributed by atoms with E-state index in [0.717, 1.165) is 11.3 Å². The third kappa shape index (κ3) is 4.84. The average molecular weight is 453 g/mol. The van der Waals surface area contributed by atoms with E-state index in [2.05, 4.69) is 27.6 Å². The highest BCUT2D eigenvalue weighted by Gasteiger charge is 2.13. The summed E-state index contributed by atoms with van der Waals surface area (Å²) in [4.78, 5) is 12.2. The van der Waals surface area contributed by atoms with Gasteiger partial charge in [0.25, 0.3) is 0 Å². The molecular formula is C23H21ClN4O2S. The first-order valence-electron chi connectivity index (χ1n) is 9.69. The highest BCUT2D eigenvalue weighted by Crippen LogP contribution is 2.28. The summed E-state index contributed by atoms with van der Waals surface area (Å²) in [5.41, 5.74) is 1.68. The van der Waals surface area contributed by atoms with Gasteiger partial charge in [-0.2, -0.15) is 0 Å². The minimum atomic E-state index is -0.161. The summed E-state index contributed by atoms with van der Waals surface area (Å²) < 4.78 is 7.85. The Morgan fingerprint density at radius 3 is 2.71 bits per heavy atom. The van der Waals surface area contributed by atoms with Crippen LogP contribution in [0.3, 0.4) is 0 Å². The van der Waals surface area contributed by atoms with Crippen molar-refractivity contribution in [2.75, 3.05) is 11.1 Å². The van der Waals surface area contributed by atoms with Crippen LogP contribution in [0.25, 0.3) is 10.8 Å². The highest BCUT2D eigenvalue weighted by atomic mass is 35.5. The number of amides is 1. The maximum Gasteiger partial charge on any atom is 0.234 e. The lowest BCUT2D eigenvalue weighted by atomic mass is 10.0. The molecule has 3 aromatic carbocycles. The summed E-state index contributed by atoms with van der Waals surface area (Å²) in [6, 6.07) is 19.4. The monoisotopic (exact) mass is 452 g/mol. The molecule has 0 aliphatic carbocycles. The third-order valence-corrected chi connectivity index (χ3v) is 6.26. The number of hydrogen-bond acceptors (Lipinski definition) is 5. The van der Waals surface area contributed by atoms with Crippen molar-refractivity contribution < 1.29 is 9.53 Å². The van der Waals surface area contributed by atoms with E-state index in [0.29, 0.717) is 21.7 Å². The minimum Gasteiger partial charge on any atom is -0.485 e. The largest absolute Gasteiger partial charge is 0.485 e. The Labute approximate surface area is 189 Å². The van der Waals surface area contributed by atoms with Crippen LogP contribution in [0.4, 0.5) is 5.69 Å². The molecule has 4 rings (SSSR count). The number of aryl methyl sites for hydroxylation is 1. The van der Waals surface area contributed by atoms with Crippen LogP contribution in [0.5, 0.6) is 5.75 Å². The van der Waals surface area contributed by atoms with Gasteiger partial charge in [-0.3, -0.25) is 4.79 Å². The molecule has 0 atom stereocenters. The Morgan fingerprint density at radius 1 is 1.10 bits per heavy atom. The average Bonchev–Trinajstić information content (AvgIpc) is 3.13. The number of halogens is 1. The van der Waals surface area contributed by atoms with Gasteiger partial charge in [0.1, 0.15) is 12.4 Å². The summed E-state index contributed by atoms with van der Waals surface area (Å²) in [6.07, 6.45) is 0. The fourth-order valence-corrected chi connectivity index (χ4v) is 4.09. The fraction of sp³-hybridized carbons (Fsp3) is 0.174. The van der Waals surface area contributed by atoms with E-state index in [1.807, 2.05) is 54.9 Å². The second-order valence-corrected chi connectivity index (χ2v) is 8.32. The Bertz CT molecular complexity index is 1240. The maximum atomic E-state index is 12.2. The number of ether oxygens (including phenoxy) is 1. The van der Waals surface area contributed by atoms with Gasteiger partial charge in [-0.25, -0.2) is 0 Å². The van der Waals surface area contributed by atoms with E-state index in [1.165, 1.54) is 22.5 Å². The van der Waals surface area contributed by atoms with Crippen LogP contribution in [0, 0.1) is 6.92 Å². The van der Waals surface area contributed by atoms with Gasteiger partial charge in [0.2, 0.25) is 5.91 Å². The fourth-order valence-electron chi connectivity index (χ4n) is 3.18. The molecule has 4 aromatic rings. The van der Waals surface area contributed by atoms with Gasteiger partial charge < -0.3 is 14.6 Å². The number of hydrogen-bond donors (Lipinski definition) is 1. The van der Waals surface area contributed by atoms with Gasteiger partial charge in [-0.1, -0.05) is 65.8 Å². The first kappa shape index (κ1) is 21.2. The second kappa shape index (κ2) is 9.41. The van der Waals surface area contributed by atoms with Crippen LogP contribution < -0.4 is 10.1 Å². The Morgan fingerprint density at radius 2 is 1.87 bits per heavy atom. The van der Waals surface area contributed by atoms with Crippen LogP contribution in [-0.4, -0.2) is 26.4 Å². The maximum absolute atomic E-state index is 12.2. The lowest BCUT2D eigenvalue weighted by Gasteiger charge is -2.11. The van der Waals surface area contributed by atoms with Gasteiger partial charge in [0.15, 0.2) is 11.0 Å². The summed E-state index contributed by atoms with van der Waals surface area (Å²) >= 11 is 7.39. The Hall–Kier alpha value is -3.03. The molecule has 0 spiro atoms. The molecule has 0 aliphatic rings. The molecule has 31 heavy (non-hydrogen) atoms. The minimum absolute atomic E-state index is 0.161. The smallest absolute Gasteiger partial charge is 0.234 e. The van der Waals surface area contributed by atoms with Crippen LogP contribution in [0.15, 0.2) is 65.8 Å². The number of nitrogens with zero attached hydrogens (tertiary/aromatic N) is 3. The molecular weight excluding hydrogens is 432 g/mol. The van der Waals surface area contributed by atoms with Gasteiger partial charge in [-0.05, 0) is 41.5 Å². The molecule has 0 saturated carbocycles. The summed E-state index contributed by atoms with van der Waals surface area (Å²) in [5, 5.41) is 14.7. The number of rotatable bonds is 7. The van der Waals surface area contributed by atoms with Crippen molar-refractivity contribution in [1.82, 2.24) is 14.8 Å². The van der Waals surface area contributed by atoms with E-state index in [1.54, 1.807) is 12.1 Å². The van der Waals surface area contributed by atoms with Crippen LogP contribution in [-0.2, 0) is 18.4 Å². The molecule has 158 valence electrons. The zero-order valence-corrected chi connectivity index (χ0v) is 18.7. The number of aromatic nitrogens is 3. The number of para-hydroxylation sites is 1. The molecule has 1 heterocycles. The highest BCUT2D eigenvalue weighted by molar-refractivity contribution is 7.99. The molecule has 1 amide bonds. The molecule has 0 aliphatic heterocycles. The number of anilines is 1. The normalized spacial score (nSPS) is 10.9. The quantitative estimate of drug-likeness (QED) is 0.388. The van der Waals surface area contributed by atoms with E-state index in [9.17, 15) is 4.79 Å². The van der Waals surface area contributed by atoms with E-state index in [-0.39, 0.29) is 18.3 Å². The van der Waals surface area contributed by atoms with Crippen molar-refractivity contribution >= 4 is 45.7 Å². The van der Waals surface area contributed by atoms with Gasteiger partial charge >= 0.3 is 0 Å². The van der Waals surface area contributed by atoms with Gasteiger partial charge in [0, 0.05) is 7.05 Å². The number of benzene rings is 3. The first-order chi connectivity index (χ1) is 15.0. The van der Waals surface area contributed by atoms with Crippen molar-refractivity contribution in [3.63, 3.8) is 0 Å². The second-order valence-electron chi connectivity index (χ2n) is 6.97. The third-order valence-electron chi connectivity index (χ3n) is 4.91. The van der Waals surface area contributed by atoms with Gasteiger partial charge in [-0.15, -0.1) is 10.2 Å². The molecule has 1 N–H and O–H groups in total. The lowest BCUT2D eigenvalue weighted by molar-refractivity contribution is -0.113. The molecule has 0 saturated heterocycles. The zero-order valence-electron chi connectivity index (χ0n) is 17.1. The summed E-state index contributed by atoms with van der Waals surface area (Å²) in [6.45, 7) is 2.34. The van der Waals surface area contributed by atoms with Crippen LogP contribution >= 0.6 is 23.4 Å². The predicted molar refractivity (Wildman–Crippen MR) is 125 cm³/mol. The number of fused-ring (bicyclic) bond motifs is 1. The standard InChI is InChI=1S/C23H21ClN4O2S/c1-15-17-8-4-3-7-16(17)11-12-20(15)30-13-21-26-27-23(28(21)2)31-14-22(29)25-19-10-6-5-9-18(19)24/h3-12H,13-14H2,1-2H3,(H,25,29). The van der Waals surface area contributed by atoms with E-state index >= 15 is 0 Å². The zero-order chi connectivity index (χ0) is 21.8. The van der Waals surface area contributed by atoms with Crippen molar-refractivity contribution in [2.24, 2.45) is 7.05 Å². The van der Waals surface area contributed by atoms with Crippen molar-refractivity contribution in [1.29, 1.82) is 0 Å². The molecule has 0 radical (unpaired) electrons. The molecule has 1 aromatic heterocycles. The van der Waals surface area contributed by atoms with E-state index < -0.39 is 0 Å². The summed E-state index contributed by atoms with van der Waals surface area (Å²) in [7, 11) is 1.86. The Kier molecular flexibility index (Phi) is 6.44. The number of nitrogens with one attached hydrogen (secondary N) is 1. The molecule has 0 fully saturated rings. The topological polar surface area (TPSA) is 69.0 Å². The molecule has 0 unspecified atom stereocenters. The Balaban J connectivity index is 1.37.